The topological polar surface area (TPSA) is 95.5 Å². The van der Waals surface area contributed by atoms with Crippen molar-refractivity contribution in [3.8, 4) is 0 Å². The van der Waals surface area contributed by atoms with Gasteiger partial charge in [0.15, 0.2) is 0 Å². The lowest BCUT2D eigenvalue weighted by atomic mass is 9.90. The Bertz CT molecular complexity index is 1030. The molecule has 3 rings (SSSR count). The van der Waals surface area contributed by atoms with Crippen molar-refractivity contribution >= 4 is 44.6 Å². The highest BCUT2D eigenvalue weighted by molar-refractivity contribution is 7.94. The van der Waals surface area contributed by atoms with E-state index in [1.165, 1.54) is 12.1 Å². The zero-order chi connectivity index (χ0) is 19.4. The summed E-state index contributed by atoms with van der Waals surface area (Å²) >= 11 is 6.76. The molecule has 6 nitrogen and oxygen atoms in total. The molecule has 0 saturated carbocycles. The van der Waals surface area contributed by atoms with Gasteiger partial charge < -0.3 is 0 Å². The van der Waals surface area contributed by atoms with Crippen LogP contribution in [0.15, 0.2) is 70.9 Å². The molecule has 1 atom stereocenters. The molecule has 0 aliphatic heterocycles. The van der Waals surface area contributed by atoms with Crippen molar-refractivity contribution in [3.05, 3.63) is 82.2 Å². The summed E-state index contributed by atoms with van der Waals surface area (Å²) in [5.41, 5.74) is 3.33. The largest absolute Gasteiger partial charge is 0.289 e. The summed E-state index contributed by atoms with van der Waals surface area (Å²) in [6.07, 6.45) is 0. The van der Waals surface area contributed by atoms with Gasteiger partial charge in [0.05, 0.1) is 10.3 Å². The maximum Gasteiger partial charge on any atom is 0.271 e. The van der Waals surface area contributed by atoms with Crippen LogP contribution >= 0.6 is 22.9 Å². The molecule has 1 unspecified atom stereocenters. The van der Waals surface area contributed by atoms with Gasteiger partial charge in [0.2, 0.25) is 0 Å². The van der Waals surface area contributed by atoms with Crippen molar-refractivity contribution in [2.24, 2.45) is 0 Å². The zero-order valence-electron chi connectivity index (χ0n) is 13.8. The first-order valence-corrected chi connectivity index (χ1v) is 10.5. The van der Waals surface area contributed by atoms with E-state index in [9.17, 15) is 13.2 Å². The van der Waals surface area contributed by atoms with E-state index in [0.717, 1.165) is 11.3 Å². The summed E-state index contributed by atoms with van der Waals surface area (Å²) in [5, 5.41) is 9.06. The number of hydrogen-bond donors (Lipinski definition) is 3. The number of carbonyl (C=O) groups is 1. The normalized spacial score (nSPS) is 12.4. The van der Waals surface area contributed by atoms with Crippen molar-refractivity contribution in [2.75, 3.05) is 4.72 Å². The molecule has 0 bridgehead atoms. The van der Waals surface area contributed by atoms with E-state index in [0.29, 0.717) is 21.2 Å². The molecule has 3 aromatic rings. The van der Waals surface area contributed by atoms with Crippen LogP contribution in [0.1, 0.15) is 17.0 Å². The Labute approximate surface area is 165 Å². The van der Waals surface area contributed by atoms with Crippen molar-refractivity contribution < 1.29 is 18.4 Å². The summed E-state index contributed by atoms with van der Waals surface area (Å²) in [4.78, 5) is 12.1. The molecule has 3 N–H and O–H groups in total. The molecule has 0 aliphatic rings. The number of carbonyl (C=O) groups excluding carboxylic acids is 1. The van der Waals surface area contributed by atoms with Crippen LogP contribution in [0.3, 0.4) is 0 Å². The number of benzene rings is 2. The maximum atomic E-state index is 12.4. The molecule has 1 heterocycles. The average Bonchev–Trinajstić information content (AvgIpc) is 3.11. The molecule has 9 heteroatoms. The SMILES string of the molecule is O=C(NO)C(c1ccccc1)c1ccc(NS(=O)(=O)c2ccc(Cl)s2)cc1. The molecule has 2 aromatic carbocycles. The van der Waals surface area contributed by atoms with Gasteiger partial charge in [-0.05, 0) is 35.4 Å². The van der Waals surface area contributed by atoms with Crippen LogP contribution < -0.4 is 10.2 Å². The Kier molecular flexibility index (Phi) is 5.81. The number of hydrogen-bond acceptors (Lipinski definition) is 5. The Morgan fingerprint density at radius 2 is 1.59 bits per heavy atom. The van der Waals surface area contributed by atoms with E-state index in [2.05, 4.69) is 4.72 Å². The van der Waals surface area contributed by atoms with Gasteiger partial charge in [-0.3, -0.25) is 14.7 Å². The van der Waals surface area contributed by atoms with Crippen molar-refractivity contribution in [1.29, 1.82) is 0 Å². The summed E-state index contributed by atoms with van der Waals surface area (Å²) in [5.74, 6) is -1.30. The lowest BCUT2D eigenvalue weighted by Crippen LogP contribution is -2.27. The van der Waals surface area contributed by atoms with E-state index in [-0.39, 0.29) is 4.21 Å². The second-order valence-corrected chi connectivity index (χ2v) is 9.23. The Morgan fingerprint density at radius 1 is 0.963 bits per heavy atom. The second kappa shape index (κ2) is 8.10. The fourth-order valence-electron chi connectivity index (χ4n) is 2.60. The fraction of sp³-hybridized carbons (Fsp3) is 0.0556. The van der Waals surface area contributed by atoms with Crippen LogP contribution in [0.25, 0.3) is 0 Å². The third-order valence-corrected chi connectivity index (χ3v) is 6.92. The van der Waals surface area contributed by atoms with E-state index in [4.69, 9.17) is 16.8 Å². The number of rotatable bonds is 6. The van der Waals surface area contributed by atoms with Gasteiger partial charge in [0, 0.05) is 5.69 Å². The highest BCUT2D eigenvalue weighted by Gasteiger charge is 2.23. The van der Waals surface area contributed by atoms with Gasteiger partial charge in [0.1, 0.15) is 4.21 Å². The smallest absolute Gasteiger partial charge is 0.271 e. The molecule has 0 saturated heterocycles. The van der Waals surface area contributed by atoms with Crippen LogP contribution in [-0.2, 0) is 14.8 Å². The zero-order valence-corrected chi connectivity index (χ0v) is 16.2. The first-order chi connectivity index (χ1) is 12.9. The Morgan fingerprint density at radius 3 is 2.15 bits per heavy atom. The number of nitrogens with one attached hydrogen (secondary N) is 2. The molecule has 1 aromatic heterocycles. The number of thiophene rings is 1. The quantitative estimate of drug-likeness (QED) is 0.415. The van der Waals surface area contributed by atoms with E-state index in [1.54, 1.807) is 54.0 Å². The highest BCUT2D eigenvalue weighted by Crippen LogP contribution is 2.29. The molecule has 27 heavy (non-hydrogen) atoms. The van der Waals surface area contributed by atoms with Crippen LogP contribution in [0.2, 0.25) is 4.34 Å². The lowest BCUT2D eigenvalue weighted by Gasteiger charge is -2.16. The fourth-order valence-corrected chi connectivity index (χ4v) is 5.14. The standard InChI is InChI=1S/C18H15ClN2O4S2/c19-15-10-11-16(26-15)27(24,25)21-14-8-6-13(7-9-14)17(18(22)20-23)12-4-2-1-3-5-12/h1-11,17,21,23H,(H,20,22). The number of anilines is 1. The van der Waals surface area contributed by atoms with Crippen LogP contribution in [0, 0.1) is 0 Å². The average molecular weight is 423 g/mol. The first kappa shape index (κ1) is 19.4. The second-order valence-electron chi connectivity index (χ2n) is 5.61. The van der Waals surface area contributed by atoms with Crippen molar-refractivity contribution in [3.63, 3.8) is 0 Å². The van der Waals surface area contributed by atoms with E-state index >= 15 is 0 Å². The number of sulfonamides is 1. The summed E-state index contributed by atoms with van der Waals surface area (Å²) in [6, 6.07) is 18.3. The predicted molar refractivity (Wildman–Crippen MR) is 105 cm³/mol. The first-order valence-electron chi connectivity index (χ1n) is 7.78. The highest BCUT2D eigenvalue weighted by atomic mass is 35.5. The molecular weight excluding hydrogens is 408 g/mol. The van der Waals surface area contributed by atoms with Gasteiger partial charge >= 0.3 is 0 Å². The van der Waals surface area contributed by atoms with Crippen molar-refractivity contribution in [1.82, 2.24) is 5.48 Å². The summed E-state index contributed by atoms with van der Waals surface area (Å²) < 4.78 is 27.7. The monoisotopic (exact) mass is 422 g/mol. The van der Waals surface area contributed by atoms with Crippen LogP contribution in [-0.4, -0.2) is 19.5 Å². The van der Waals surface area contributed by atoms with Gasteiger partial charge in [-0.15, -0.1) is 11.3 Å². The minimum atomic E-state index is -3.73. The molecule has 0 fully saturated rings. The predicted octanol–water partition coefficient (Wildman–Crippen LogP) is 3.84. The Hall–Kier alpha value is -2.39. The van der Waals surface area contributed by atoms with E-state index < -0.39 is 21.8 Å². The number of halogens is 1. The van der Waals surface area contributed by atoms with Crippen molar-refractivity contribution in [2.45, 2.75) is 10.1 Å². The molecular formula is C18H15ClN2O4S2. The van der Waals surface area contributed by atoms with Gasteiger partial charge in [0.25, 0.3) is 15.9 Å². The Balaban J connectivity index is 1.86. The summed E-state index contributed by atoms with van der Waals surface area (Å²) in [7, 11) is -3.73. The van der Waals surface area contributed by atoms with Gasteiger partial charge in [-0.2, -0.15) is 0 Å². The van der Waals surface area contributed by atoms with Crippen LogP contribution in [0.5, 0.6) is 0 Å². The summed E-state index contributed by atoms with van der Waals surface area (Å²) in [6.45, 7) is 0. The number of amides is 1. The molecule has 0 aliphatic carbocycles. The molecule has 0 spiro atoms. The maximum absolute atomic E-state index is 12.4. The van der Waals surface area contributed by atoms with E-state index in [1.807, 2.05) is 6.07 Å². The molecule has 140 valence electrons. The molecule has 1 amide bonds. The van der Waals surface area contributed by atoms with Crippen LogP contribution in [0.4, 0.5) is 5.69 Å². The minimum Gasteiger partial charge on any atom is -0.289 e. The molecule has 0 radical (unpaired) electrons. The van der Waals surface area contributed by atoms with Gasteiger partial charge in [-0.25, -0.2) is 13.9 Å². The third-order valence-electron chi connectivity index (χ3n) is 3.81. The number of hydroxylamine groups is 1. The third kappa shape index (κ3) is 4.48. The lowest BCUT2D eigenvalue weighted by molar-refractivity contribution is -0.129. The minimum absolute atomic E-state index is 0.110. The van der Waals surface area contributed by atoms with Gasteiger partial charge in [-0.1, -0.05) is 54.1 Å².